The van der Waals surface area contributed by atoms with Crippen molar-refractivity contribution >= 4 is 6.09 Å². The topological polar surface area (TPSA) is 58.6 Å². The molecule has 3 rings (SSSR count). The molecule has 0 fully saturated rings. The summed E-state index contributed by atoms with van der Waals surface area (Å²) in [6.45, 7) is 4.12. The van der Waals surface area contributed by atoms with Gasteiger partial charge in [0.15, 0.2) is 0 Å². The third-order valence-electron chi connectivity index (χ3n) is 4.97. The molecule has 0 aromatic heterocycles. The maximum atomic E-state index is 12.2. The zero-order valence-corrected chi connectivity index (χ0v) is 14.7. The van der Waals surface area contributed by atoms with Gasteiger partial charge >= 0.3 is 6.09 Å². The zero-order chi connectivity index (χ0) is 17.8. The molecule has 2 aromatic rings. The van der Waals surface area contributed by atoms with Gasteiger partial charge in [0, 0.05) is 5.92 Å². The van der Waals surface area contributed by atoms with Crippen molar-refractivity contribution in [1.82, 2.24) is 5.32 Å². The lowest BCUT2D eigenvalue weighted by molar-refractivity contribution is 0.0996. The van der Waals surface area contributed by atoms with Crippen LogP contribution in [-0.4, -0.2) is 30.0 Å². The highest BCUT2D eigenvalue weighted by molar-refractivity contribution is 5.79. The van der Waals surface area contributed by atoms with Crippen LogP contribution in [0.25, 0.3) is 11.1 Å². The molecule has 1 amide bonds. The number of ether oxygens (including phenoxy) is 1. The Labute approximate surface area is 148 Å². The number of rotatable bonds is 6. The minimum Gasteiger partial charge on any atom is -0.449 e. The monoisotopic (exact) mass is 339 g/mol. The van der Waals surface area contributed by atoms with Gasteiger partial charge in [0.25, 0.3) is 0 Å². The van der Waals surface area contributed by atoms with Crippen LogP contribution in [0.4, 0.5) is 4.79 Å². The van der Waals surface area contributed by atoms with Gasteiger partial charge in [-0.25, -0.2) is 4.79 Å². The van der Waals surface area contributed by atoms with E-state index in [1.807, 2.05) is 38.1 Å². The maximum absolute atomic E-state index is 12.2. The van der Waals surface area contributed by atoms with Gasteiger partial charge in [0.2, 0.25) is 0 Å². The molecule has 0 spiro atoms. The highest BCUT2D eigenvalue weighted by atomic mass is 16.5. The molecule has 1 aliphatic rings. The van der Waals surface area contributed by atoms with Gasteiger partial charge in [-0.05, 0) is 35.1 Å². The summed E-state index contributed by atoms with van der Waals surface area (Å²) in [6, 6.07) is 16.2. The fourth-order valence-corrected chi connectivity index (χ4v) is 3.55. The summed E-state index contributed by atoms with van der Waals surface area (Å²) in [4.78, 5) is 12.2. The second-order valence-electron chi connectivity index (χ2n) is 6.46. The molecule has 0 bridgehead atoms. The number of carbonyl (C=O) groups is 1. The Kier molecular flexibility index (Phi) is 5.39. The van der Waals surface area contributed by atoms with Gasteiger partial charge < -0.3 is 15.2 Å². The van der Waals surface area contributed by atoms with Crippen molar-refractivity contribution in [2.45, 2.75) is 44.8 Å². The first-order valence-electron chi connectivity index (χ1n) is 8.95. The number of fused-ring (bicyclic) bond motifs is 3. The van der Waals surface area contributed by atoms with Gasteiger partial charge in [0.1, 0.15) is 6.61 Å². The van der Waals surface area contributed by atoms with Crippen LogP contribution >= 0.6 is 0 Å². The first kappa shape index (κ1) is 17.5. The predicted octanol–water partition coefficient (Wildman–Crippen LogP) is 4.07. The highest BCUT2D eigenvalue weighted by Gasteiger charge is 2.29. The molecule has 25 heavy (non-hydrogen) atoms. The van der Waals surface area contributed by atoms with Crippen LogP contribution in [0.3, 0.4) is 0 Å². The van der Waals surface area contributed by atoms with Crippen molar-refractivity contribution < 1.29 is 14.6 Å². The van der Waals surface area contributed by atoms with Gasteiger partial charge in [0.05, 0.1) is 12.1 Å². The Hall–Kier alpha value is -2.33. The Balaban J connectivity index is 1.70. The van der Waals surface area contributed by atoms with Gasteiger partial charge in [-0.1, -0.05) is 62.4 Å². The predicted molar refractivity (Wildman–Crippen MR) is 98.6 cm³/mol. The van der Waals surface area contributed by atoms with Crippen LogP contribution in [0.2, 0.25) is 0 Å². The first-order chi connectivity index (χ1) is 12.2. The van der Waals surface area contributed by atoms with Crippen LogP contribution in [0, 0.1) is 0 Å². The lowest BCUT2D eigenvalue weighted by atomic mass is 9.98. The van der Waals surface area contributed by atoms with Gasteiger partial charge in [-0.3, -0.25) is 0 Å². The summed E-state index contributed by atoms with van der Waals surface area (Å²) in [5.74, 6) is 0.0503. The Morgan fingerprint density at radius 2 is 1.60 bits per heavy atom. The zero-order valence-electron chi connectivity index (χ0n) is 14.7. The minimum atomic E-state index is -0.550. The van der Waals surface area contributed by atoms with E-state index in [4.69, 9.17) is 4.74 Å². The summed E-state index contributed by atoms with van der Waals surface area (Å²) < 4.78 is 5.51. The molecule has 4 heteroatoms. The number of carbonyl (C=O) groups excluding carboxylic acids is 1. The second kappa shape index (κ2) is 7.70. The van der Waals surface area contributed by atoms with Gasteiger partial charge in [-0.15, -0.1) is 0 Å². The number of hydrogen-bond donors (Lipinski definition) is 2. The molecule has 1 aliphatic carbocycles. The molecule has 132 valence electrons. The van der Waals surface area contributed by atoms with E-state index in [2.05, 4.69) is 29.6 Å². The van der Waals surface area contributed by atoms with Crippen molar-refractivity contribution in [2.24, 2.45) is 0 Å². The number of amides is 1. The van der Waals surface area contributed by atoms with Crippen molar-refractivity contribution in [2.75, 3.05) is 6.61 Å². The second-order valence-corrected chi connectivity index (χ2v) is 6.46. The summed E-state index contributed by atoms with van der Waals surface area (Å²) in [5.41, 5.74) is 4.80. The van der Waals surface area contributed by atoms with Gasteiger partial charge in [-0.2, -0.15) is 0 Å². The Bertz CT molecular complexity index is 698. The van der Waals surface area contributed by atoms with Crippen molar-refractivity contribution in [3.8, 4) is 11.1 Å². The van der Waals surface area contributed by atoms with Crippen LogP contribution in [0.15, 0.2) is 48.5 Å². The Morgan fingerprint density at radius 3 is 2.12 bits per heavy atom. The number of hydrogen-bond acceptors (Lipinski definition) is 3. The minimum absolute atomic E-state index is 0.0503. The van der Waals surface area contributed by atoms with E-state index in [9.17, 15) is 9.90 Å². The molecule has 0 radical (unpaired) electrons. The molecule has 0 saturated carbocycles. The van der Waals surface area contributed by atoms with Crippen molar-refractivity contribution in [3.05, 3.63) is 59.7 Å². The molecule has 2 N–H and O–H groups in total. The van der Waals surface area contributed by atoms with E-state index in [1.54, 1.807) is 0 Å². The molecular formula is C21H25NO3. The lowest BCUT2D eigenvalue weighted by Gasteiger charge is -2.22. The molecule has 0 aliphatic heterocycles. The van der Waals surface area contributed by atoms with Crippen LogP contribution in [-0.2, 0) is 4.74 Å². The fraction of sp³-hybridized carbons (Fsp3) is 0.381. The normalized spacial score (nSPS) is 15.2. The molecule has 2 unspecified atom stereocenters. The molecular weight excluding hydrogens is 314 g/mol. The van der Waals surface area contributed by atoms with Crippen LogP contribution in [0.5, 0.6) is 0 Å². The smallest absolute Gasteiger partial charge is 0.407 e. The largest absolute Gasteiger partial charge is 0.449 e. The number of aliphatic hydroxyl groups is 1. The van der Waals surface area contributed by atoms with Crippen molar-refractivity contribution in [3.63, 3.8) is 0 Å². The highest BCUT2D eigenvalue weighted by Crippen LogP contribution is 2.44. The molecule has 2 aromatic carbocycles. The number of alkyl carbamates (subject to hydrolysis) is 1. The maximum Gasteiger partial charge on any atom is 0.407 e. The third-order valence-corrected chi connectivity index (χ3v) is 4.97. The van der Waals surface area contributed by atoms with E-state index in [0.29, 0.717) is 19.4 Å². The summed E-state index contributed by atoms with van der Waals surface area (Å²) in [5, 5.41) is 12.7. The van der Waals surface area contributed by atoms with E-state index in [1.165, 1.54) is 22.3 Å². The number of aliphatic hydroxyl groups excluding tert-OH is 1. The molecule has 0 saturated heterocycles. The number of nitrogens with one attached hydrogen (secondary N) is 1. The summed E-state index contributed by atoms with van der Waals surface area (Å²) in [7, 11) is 0. The average molecular weight is 339 g/mol. The third kappa shape index (κ3) is 3.54. The van der Waals surface area contributed by atoms with Crippen molar-refractivity contribution in [1.29, 1.82) is 0 Å². The van der Waals surface area contributed by atoms with Crippen LogP contribution < -0.4 is 5.32 Å². The SMILES string of the molecule is CCC(O)C(CC)NC(=O)OCC1c2ccccc2-c2ccccc21. The molecule has 0 heterocycles. The fourth-order valence-electron chi connectivity index (χ4n) is 3.55. The summed E-state index contributed by atoms with van der Waals surface area (Å²) in [6.07, 6.45) is 0.244. The first-order valence-corrected chi connectivity index (χ1v) is 8.95. The average Bonchev–Trinajstić information content (AvgIpc) is 2.98. The Morgan fingerprint density at radius 1 is 1.04 bits per heavy atom. The standard InChI is InChI=1S/C21H25NO3/c1-3-19(20(23)4-2)22-21(24)25-13-18-16-11-7-5-9-14(16)15-10-6-8-12-17(15)18/h5-12,18-20,23H,3-4,13H2,1-2H3,(H,22,24). The van der Waals surface area contributed by atoms with Crippen LogP contribution in [0.1, 0.15) is 43.7 Å². The van der Waals surface area contributed by atoms with E-state index in [0.717, 1.165) is 0 Å². The molecule has 2 atom stereocenters. The van der Waals surface area contributed by atoms with E-state index < -0.39 is 12.2 Å². The molecule has 4 nitrogen and oxygen atoms in total. The summed E-state index contributed by atoms with van der Waals surface area (Å²) >= 11 is 0. The van der Waals surface area contributed by atoms with E-state index in [-0.39, 0.29) is 12.0 Å². The van der Waals surface area contributed by atoms with E-state index >= 15 is 0 Å². The quantitative estimate of drug-likeness (QED) is 0.834. The lowest BCUT2D eigenvalue weighted by Crippen LogP contribution is -2.43. The number of benzene rings is 2.